The molecular weight excluding hydrogens is 200 g/mol. The molecule has 0 radical (unpaired) electrons. The number of nitrogens with zero attached hydrogens (tertiary/aromatic N) is 1. The van der Waals surface area contributed by atoms with E-state index in [9.17, 15) is 0 Å². The minimum absolute atomic E-state index is 0.651. The van der Waals surface area contributed by atoms with E-state index < -0.39 is 0 Å². The first-order valence-corrected chi connectivity index (χ1v) is 5.39. The molecule has 0 saturated heterocycles. The van der Waals surface area contributed by atoms with Crippen molar-refractivity contribution in [2.24, 2.45) is 5.73 Å². The quantitative estimate of drug-likeness (QED) is 0.854. The number of ether oxygens (including phenoxy) is 1. The van der Waals surface area contributed by atoms with Crippen molar-refractivity contribution in [3.8, 4) is 5.75 Å². The Morgan fingerprint density at radius 2 is 2.19 bits per heavy atom. The Kier molecular flexibility index (Phi) is 3.06. The van der Waals surface area contributed by atoms with Crippen molar-refractivity contribution >= 4 is 10.9 Å². The second-order valence-electron chi connectivity index (χ2n) is 3.80. The molecule has 0 aliphatic carbocycles. The number of pyridine rings is 1. The lowest BCUT2D eigenvalue weighted by molar-refractivity contribution is 0.419. The van der Waals surface area contributed by atoms with E-state index in [0.717, 1.165) is 28.8 Å². The smallest absolute Gasteiger partial charge is 0.145 e. The summed E-state index contributed by atoms with van der Waals surface area (Å²) in [4.78, 5) is 4.58. The summed E-state index contributed by atoms with van der Waals surface area (Å²) in [5.41, 5.74) is 8.74. The maximum absolute atomic E-state index is 5.58. The van der Waals surface area contributed by atoms with Crippen molar-refractivity contribution in [3.05, 3.63) is 35.5 Å². The summed E-state index contributed by atoms with van der Waals surface area (Å²) in [6, 6.07) is 8.10. The number of aromatic nitrogens is 1. The maximum Gasteiger partial charge on any atom is 0.145 e. The average Bonchev–Trinajstić information content (AvgIpc) is 2.30. The molecule has 0 bridgehead atoms. The van der Waals surface area contributed by atoms with Crippen molar-refractivity contribution < 1.29 is 4.74 Å². The minimum Gasteiger partial charge on any atom is -0.494 e. The monoisotopic (exact) mass is 216 g/mol. The molecule has 1 aromatic heterocycles. The fraction of sp³-hybridized carbons (Fsp3) is 0.308. The van der Waals surface area contributed by atoms with Crippen molar-refractivity contribution in [2.75, 3.05) is 13.7 Å². The van der Waals surface area contributed by atoms with Crippen molar-refractivity contribution in [2.45, 2.75) is 13.3 Å². The van der Waals surface area contributed by atoms with E-state index in [1.165, 1.54) is 5.56 Å². The van der Waals surface area contributed by atoms with Gasteiger partial charge in [-0.15, -0.1) is 0 Å². The van der Waals surface area contributed by atoms with Gasteiger partial charge in [-0.3, -0.25) is 0 Å². The third-order valence-corrected chi connectivity index (χ3v) is 2.74. The molecule has 0 aliphatic heterocycles. The minimum atomic E-state index is 0.651. The fourth-order valence-corrected chi connectivity index (χ4v) is 1.88. The summed E-state index contributed by atoms with van der Waals surface area (Å²) in [7, 11) is 1.67. The molecule has 0 spiro atoms. The van der Waals surface area contributed by atoms with Gasteiger partial charge in [0.2, 0.25) is 0 Å². The predicted octanol–water partition coefficient (Wildman–Crippen LogP) is 2.05. The van der Waals surface area contributed by atoms with E-state index in [0.29, 0.717) is 6.54 Å². The third-order valence-electron chi connectivity index (χ3n) is 2.74. The van der Waals surface area contributed by atoms with Crippen molar-refractivity contribution in [1.29, 1.82) is 0 Å². The van der Waals surface area contributed by atoms with Crippen LogP contribution in [0.5, 0.6) is 5.75 Å². The molecule has 84 valence electrons. The van der Waals surface area contributed by atoms with E-state index in [-0.39, 0.29) is 0 Å². The van der Waals surface area contributed by atoms with Gasteiger partial charge in [0.1, 0.15) is 11.3 Å². The highest BCUT2D eigenvalue weighted by Gasteiger charge is 2.06. The second kappa shape index (κ2) is 4.49. The molecule has 0 atom stereocenters. The number of benzene rings is 1. The number of fused-ring (bicyclic) bond motifs is 1. The summed E-state index contributed by atoms with van der Waals surface area (Å²) >= 11 is 0. The number of rotatable bonds is 3. The Morgan fingerprint density at radius 1 is 1.38 bits per heavy atom. The molecule has 0 unspecified atom stereocenters. The first kappa shape index (κ1) is 10.9. The van der Waals surface area contributed by atoms with Crippen LogP contribution < -0.4 is 10.5 Å². The van der Waals surface area contributed by atoms with Crippen LogP contribution in [0.1, 0.15) is 11.3 Å². The van der Waals surface area contributed by atoms with Crippen LogP contribution in [0.25, 0.3) is 10.9 Å². The number of para-hydroxylation sites is 1. The Hall–Kier alpha value is -1.61. The van der Waals surface area contributed by atoms with Gasteiger partial charge in [-0.1, -0.05) is 12.1 Å². The van der Waals surface area contributed by atoms with E-state index in [1.807, 2.05) is 25.1 Å². The molecule has 1 heterocycles. The highest BCUT2D eigenvalue weighted by atomic mass is 16.5. The summed E-state index contributed by atoms with van der Waals surface area (Å²) < 4.78 is 5.30. The van der Waals surface area contributed by atoms with Gasteiger partial charge in [0, 0.05) is 11.1 Å². The summed E-state index contributed by atoms with van der Waals surface area (Å²) in [6.07, 6.45) is 0.867. The lowest BCUT2D eigenvalue weighted by atomic mass is 10.1. The van der Waals surface area contributed by atoms with Gasteiger partial charge in [-0.05, 0) is 37.6 Å². The zero-order chi connectivity index (χ0) is 11.5. The molecule has 3 heteroatoms. The predicted molar refractivity (Wildman–Crippen MR) is 65.8 cm³/mol. The van der Waals surface area contributed by atoms with Crippen molar-refractivity contribution in [1.82, 2.24) is 4.98 Å². The number of hydrogen-bond donors (Lipinski definition) is 1. The SMILES string of the molecule is COc1cccc2cc(CCN)c(C)nc12. The Balaban J connectivity index is 2.63. The largest absolute Gasteiger partial charge is 0.494 e. The summed E-state index contributed by atoms with van der Waals surface area (Å²) in [5, 5.41) is 1.11. The molecule has 0 amide bonds. The van der Waals surface area contributed by atoms with Gasteiger partial charge < -0.3 is 10.5 Å². The Labute approximate surface area is 95.2 Å². The first-order valence-electron chi connectivity index (χ1n) is 5.39. The third kappa shape index (κ3) is 1.86. The standard InChI is InChI=1S/C13H16N2O/c1-9-10(6-7-14)8-11-4-3-5-12(16-2)13(11)15-9/h3-5,8H,6-7,14H2,1-2H3. The van der Waals surface area contributed by atoms with E-state index in [1.54, 1.807) is 7.11 Å². The molecule has 0 fully saturated rings. The number of nitrogens with two attached hydrogens (primary N) is 1. The highest BCUT2D eigenvalue weighted by molar-refractivity contribution is 5.85. The van der Waals surface area contributed by atoms with Crippen LogP contribution >= 0.6 is 0 Å². The second-order valence-corrected chi connectivity index (χ2v) is 3.80. The lowest BCUT2D eigenvalue weighted by Gasteiger charge is -2.09. The zero-order valence-electron chi connectivity index (χ0n) is 9.66. The molecule has 0 aliphatic rings. The average molecular weight is 216 g/mol. The molecule has 2 aromatic rings. The molecule has 1 aromatic carbocycles. The van der Waals surface area contributed by atoms with Crippen LogP contribution in [-0.2, 0) is 6.42 Å². The van der Waals surface area contributed by atoms with Crippen molar-refractivity contribution in [3.63, 3.8) is 0 Å². The fourth-order valence-electron chi connectivity index (χ4n) is 1.88. The van der Waals surface area contributed by atoms with Crippen LogP contribution in [0.3, 0.4) is 0 Å². The van der Waals surface area contributed by atoms with E-state index in [4.69, 9.17) is 10.5 Å². The van der Waals surface area contributed by atoms with Gasteiger partial charge in [0.15, 0.2) is 0 Å². The van der Waals surface area contributed by atoms with Gasteiger partial charge in [0.25, 0.3) is 0 Å². The molecule has 2 N–H and O–H groups in total. The molecule has 3 nitrogen and oxygen atoms in total. The molecule has 2 rings (SSSR count). The Morgan fingerprint density at radius 3 is 2.88 bits per heavy atom. The maximum atomic E-state index is 5.58. The number of aryl methyl sites for hydroxylation is 1. The van der Waals surface area contributed by atoms with Gasteiger partial charge in [-0.25, -0.2) is 4.98 Å². The van der Waals surface area contributed by atoms with Crippen LogP contribution in [0, 0.1) is 6.92 Å². The normalized spacial score (nSPS) is 10.7. The van der Waals surface area contributed by atoms with Crippen LogP contribution in [0.2, 0.25) is 0 Å². The van der Waals surface area contributed by atoms with Crippen LogP contribution in [-0.4, -0.2) is 18.6 Å². The van der Waals surface area contributed by atoms with Gasteiger partial charge >= 0.3 is 0 Å². The molecular formula is C13H16N2O. The van der Waals surface area contributed by atoms with E-state index >= 15 is 0 Å². The molecule has 0 saturated carbocycles. The van der Waals surface area contributed by atoms with Crippen LogP contribution in [0.15, 0.2) is 24.3 Å². The summed E-state index contributed by atoms with van der Waals surface area (Å²) in [5.74, 6) is 0.819. The number of hydrogen-bond acceptors (Lipinski definition) is 3. The Bertz CT molecular complexity index is 509. The van der Waals surface area contributed by atoms with Gasteiger partial charge in [-0.2, -0.15) is 0 Å². The van der Waals surface area contributed by atoms with Gasteiger partial charge in [0.05, 0.1) is 7.11 Å². The first-order chi connectivity index (χ1) is 7.76. The summed E-state index contributed by atoms with van der Waals surface area (Å²) in [6.45, 7) is 2.66. The van der Waals surface area contributed by atoms with Crippen LogP contribution in [0.4, 0.5) is 0 Å². The van der Waals surface area contributed by atoms with E-state index in [2.05, 4.69) is 11.1 Å². The highest BCUT2D eigenvalue weighted by Crippen LogP contribution is 2.25. The number of methoxy groups -OCH3 is 1. The zero-order valence-corrected chi connectivity index (χ0v) is 9.66. The molecule has 16 heavy (non-hydrogen) atoms. The lowest BCUT2D eigenvalue weighted by Crippen LogP contribution is -2.05. The topological polar surface area (TPSA) is 48.1 Å².